The van der Waals surface area contributed by atoms with E-state index in [1.807, 2.05) is 4.90 Å². The molecule has 2 unspecified atom stereocenters. The standard InChI is InChI=1S/C18H30N2O3/c1-13(2)20(14(3)4)18(22)12-19-9-5-7-15(19)11-16(21)17-8-6-10-23-17/h6,8,10,13-16,21H,5,7,9,11-12H2,1-4H3. The van der Waals surface area contributed by atoms with Crippen LogP contribution in [0.15, 0.2) is 22.8 Å². The Kier molecular flexibility index (Phi) is 6.25. The Hall–Kier alpha value is -1.33. The fraction of sp³-hybridized carbons (Fsp3) is 0.722. The van der Waals surface area contributed by atoms with Gasteiger partial charge in [0.2, 0.25) is 5.91 Å². The average molecular weight is 322 g/mol. The molecular weight excluding hydrogens is 292 g/mol. The van der Waals surface area contributed by atoms with Crippen molar-refractivity contribution in [3.63, 3.8) is 0 Å². The lowest BCUT2D eigenvalue weighted by molar-refractivity contribution is -0.136. The minimum Gasteiger partial charge on any atom is -0.467 e. The first-order valence-electron chi connectivity index (χ1n) is 8.66. The smallest absolute Gasteiger partial charge is 0.237 e. The summed E-state index contributed by atoms with van der Waals surface area (Å²) in [6.07, 6.45) is 3.69. The molecule has 0 aromatic carbocycles. The van der Waals surface area contributed by atoms with Gasteiger partial charge in [0.05, 0.1) is 12.8 Å². The van der Waals surface area contributed by atoms with E-state index in [-0.39, 0.29) is 24.0 Å². The van der Waals surface area contributed by atoms with Crippen LogP contribution in [0, 0.1) is 0 Å². The fourth-order valence-electron chi connectivity index (χ4n) is 3.65. The highest BCUT2D eigenvalue weighted by Gasteiger charge is 2.31. The highest BCUT2D eigenvalue weighted by Crippen LogP contribution is 2.27. The molecule has 1 saturated heterocycles. The predicted octanol–water partition coefficient (Wildman–Crippen LogP) is 2.81. The molecule has 1 aliphatic heterocycles. The van der Waals surface area contributed by atoms with E-state index >= 15 is 0 Å². The van der Waals surface area contributed by atoms with E-state index in [1.165, 1.54) is 0 Å². The highest BCUT2D eigenvalue weighted by molar-refractivity contribution is 5.79. The van der Waals surface area contributed by atoms with E-state index in [9.17, 15) is 9.90 Å². The minimum atomic E-state index is -0.600. The summed E-state index contributed by atoms with van der Waals surface area (Å²) in [4.78, 5) is 16.8. The molecule has 1 aromatic rings. The molecule has 130 valence electrons. The lowest BCUT2D eigenvalue weighted by Gasteiger charge is -2.34. The van der Waals surface area contributed by atoms with Crippen molar-refractivity contribution >= 4 is 5.91 Å². The van der Waals surface area contributed by atoms with Crippen LogP contribution in [-0.2, 0) is 4.79 Å². The zero-order valence-corrected chi connectivity index (χ0v) is 14.7. The third kappa shape index (κ3) is 4.58. The van der Waals surface area contributed by atoms with Gasteiger partial charge in [0, 0.05) is 18.1 Å². The van der Waals surface area contributed by atoms with E-state index in [2.05, 4.69) is 32.6 Å². The third-order valence-corrected chi connectivity index (χ3v) is 4.61. The molecule has 2 rings (SSSR count). The maximum Gasteiger partial charge on any atom is 0.237 e. The molecule has 23 heavy (non-hydrogen) atoms. The summed E-state index contributed by atoms with van der Waals surface area (Å²) in [5, 5.41) is 10.3. The Labute approximate surface area is 139 Å². The molecule has 0 saturated carbocycles. The van der Waals surface area contributed by atoms with E-state index < -0.39 is 6.10 Å². The van der Waals surface area contributed by atoms with Gasteiger partial charge in [0.25, 0.3) is 0 Å². The number of aliphatic hydroxyl groups is 1. The van der Waals surface area contributed by atoms with Gasteiger partial charge in [-0.2, -0.15) is 0 Å². The van der Waals surface area contributed by atoms with E-state index in [1.54, 1.807) is 18.4 Å². The van der Waals surface area contributed by atoms with E-state index in [0.29, 0.717) is 18.7 Å². The van der Waals surface area contributed by atoms with Crippen LogP contribution in [-0.4, -0.2) is 52.0 Å². The Morgan fingerprint density at radius 1 is 1.39 bits per heavy atom. The summed E-state index contributed by atoms with van der Waals surface area (Å²) >= 11 is 0. The van der Waals surface area contributed by atoms with Gasteiger partial charge in [0.15, 0.2) is 0 Å². The van der Waals surface area contributed by atoms with Crippen LogP contribution in [0.2, 0.25) is 0 Å². The van der Waals surface area contributed by atoms with Crippen molar-refractivity contribution in [2.24, 2.45) is 0 Å². The third-order valence-electron chi connectivity index (χ3n) is 4.61. The molecule has 1 N–H and O–H groups in total. The second-order valence-electron chi connectivity index (χ2n) is 7.02. The topological polar surface area (TPSA) is 56.9 Å². The number of likely N-dealkylation sites (tertiary alicyclic amines) is 1. The van der Waals surface area contributed by atoms with Gasteiger partial charge in [-0.15, -0.1) is 0 Å². The summed E-state index contributed by atoms with van der Waals surface area (Å²) in [5.74, 6) is 0.781. The number of rotatable bonds is 7. The molecule has 1 fully saturated rings. The van der Waals surface area contributed by atoms with Gasteiger partial charge in [-0.3, -0.25) is 9.69 Å². The Balaban J connectivity index is 1.94. The van der Waals surface area contributed by atoms with Crippen LogP contribution >= 0.6 is 0 Å². The second kappa shape index (κ2) is 7.97. The van der Waals surface area contributed by atoms with E-state index in [0.717, 1.165) is 19.4 Å². The molecule has 2 atom stereocenters. The summed E-state index contributed by atoms with van der Waals surface area (Å²) in [6.45, 7) is 9.58. The van der Waals surface area contributed by atoms with Crippen molar-refractivity contribution < 1.29 is 14.3 Å². The average Bonchev–Trinajstić information content (AvgIpc) is 3.10. The summed E-state index contributed by atoms with van der Waals surface area (Å²) in [7, 11) is 0. The number of hydrogen-bond donors (Lipinski definition) is 1. The molecule has 0 aliphatic carbocycles. The van der Waals surface area contributed by atoms with Gasteiger partial charge in [-0.1, -0.05) is 0 Å². The molecule has 0 bridgehead atoms. The van der Waals surface area contributed by atoms with Gasteiger partial charge < -0.3 is 14.4 Å². The number of furan rings is 1. The van der Waals surface area contributed by atoms with Gasteiger partial charge in [0.1, 0.15) is 11.9 Å². The first kappa shape index (κ1) is 18.0. The maximum absolute atomic E-state index is 12.6. The zero-order chi connectivity index (χ0) is 17.0. The molecule has 0 radical (unpaired) electrons. The minimum absolute atomic E-state index is 0.175. The summed E-state index contributed by atoms with van der Waals surface area (Å²) in [6, 6.07) is 4.24. The lowest BCUT2D eigenvalue weighted by atomic mass is 10.1. The quantitative estimate of drug-likeness (QED) is 0.838. The highest BCUT2D eigenvalue weighted by atomic mass is 16.4. The fourth-order valence-corrected chi connectivity index (χ4v) is 3.65. The van der Waals surface area contributed by atoms with Crippen molar-refractivity contribution in [2.45, 2.75) is 71.2 Å². The second-order valence-corrected chi connectivity index (χ2v) is 7.02. The molecule has 5 heteroatoms. The van der Waals surface area contributed by atoms with Crippen molar-refractivity contribution in [3.05, 3.63) is 24.2 Å². The van der Waals surface area contributed by atoms with Gasteiger partial charge >= 0.3 is 0 Å². The largest absolute Gasteiger partial charge is 0.467 e. The van der Waals surface area contributed by atoms with Crippen molar-refractivity contribution in [3.8, 4) is 0 Å². The predicted molar refractivity (Wildman–Crippen MR) is 90.0 cm³/mol. The van der Waals surface area contributed by atoms with Crippen LogP contribution in [0.5, 0.6) is 0 Å². The maximum atomic E-state index is 12.6. The first-order chi connectivity index (χ1) is 10.9. The summed E-state index contributed by atoms with van der Waals surface area (Å²) < 4.78 is 5.28. The first-order valence-corrected chi connectivity index (χ1v) is 8.66. The number of aliphatic hydroxyl groups excluding tert-OH is 1. The van der Waals surface area contributed by atoms with Crippen LogP contribution in [0.25, 0.3) is 0 Å². The number of amides is 1. The Bertz CT molecular complexity index is 476. The number of carbonyl (C=O) groups is 1. The number of hydrogen-bond acceptors (Lipinski definition) is 4. The lowest BCUT2D eigenvalue weighted by Crippen LogP contribution is -2.48. The monoisotopic (exact) mass is 322 g/mol. The molecule has 1 aliphatic rings. The normalized spacial score (nSPS) is 20.4. The SMILES string of the molecule is CC(C)N(C(=O)CN1CCCC1CC(O)c1ccco1)C(C)C. The number of carbonyl (C=O) groups excluding carboxylic acids is 1. The molecular formula is C18H30N2O3. The Morgan fingerprint density at radius 2 is 2.09 bits per heavy atom. The Morgan fingerprint density at radius 3 is 2.65 bits per heavy atom. The number of nitrogens with zero attached hydrogens (tertiary/aromatic N) is 2. The van der Waals surface area contributed by atoms with Crippen LogP contribution < -0.4 is 0 Å². The van der Waals surface area contributed by atoms with Gasteiger partial charge in [-0.05, 0) is 65.6 Å². The molecule has 5 nitrogen and oxygen atoms in total. The summed E-state index contributed by atoms with van der Waals surface area (Å²) in [5.41, 5.74) is 0. The van der Waals surface area contributed by atoms with E-state index in [4.69, 9.17) is 4.42 Å². The van der Waals surface area contributed by atoms with Gasteiger partial charge in [-0.25, -0.2) is 0 Å². The van der Waals surface area contributed by atoms with Crippen molar-refractivity contribution in [1.29, 1.82) is 0 Å². The van der Waals surface area contributed by atoms with Crippen molar-refractivity contribution in [1.82, 2.24) is 9.80 Å². The van der Waals surface area contributed by atoms with Crippen LogP contribution in [0.4, 0.5) is 0 Å². The molecule has 1 amide bonds. The van der Waals surface area contributed by atoms with Crippen molar-refractivity contribution in [2.75, 3.05) is 13.1 Å². The van der Waals surface area contributed by atoms with Crippen LogP contribution in [0.3, 0.4) is 0 Å². The molecule has 2 heterocycles. The van der Waals surface area contributed by atoms with Crippen LogP contribution in [0.1, 0.15) is 58.8 Å². The molecule has 1 aromatic heterocycles. The zero-order valence-electron chi connectivity index (χ0n) is 14.7. The molecule has 0 spiro atoms.